The Morgan fingerprint density at radius 1 is 1.11 bits per heavy atom. The molecule has 5 nitrogen and oxygen atoms in total. The van der Waals surface area contributed by atoms with E-state index in [2.05, 4.69) is 6.58 Å². The van der Waals surface area contributed by atoms with E-state index in [1.165, 1.54) is 0 Å². The maximum atomic E-state index is 12.1. The topological polar surface area (TPSA) is 63.7 Å². The second-order valence-electron chi connectivity index (χ2n) is 4.21. The summed E-state index contributed by atoms with van der Waals surface area (Å²) in [5, 5.41) is 0. The highest BCUT2D eigenvalue weighted by atomic mass is 16.5. The number of cyclic esters (lactones) is 1. The molecule has 90 valence electrons. The van der Waals surface area contributed by atoms with Crippen molar-refractivity contribution in [1.82, 2.24) is 4.90 Å². The van der Waals surface area contributed by atoms with Crippen molar-refractivity contribution in [2.45, 2.75) is 12.5 Å². The first kappa shape index (κ1) is 10.7. The maximum Gasteiger partial charge on any atom is 0.334 e. The highest BCUT2D eigenvalue weighted by molar-refractivity contribution is 6.22. The first-order valence-corrected chi connectivity index (χ1v) is 5.46. The van der Waals surface area contributed by atoms with E-state index in [0.29, 0.717) is 11.1 Å². The van der Waals surface area contributed by atoms with Crippen molar-refractivity contribution in [2.75, 3.05) is 0 Å². The van der Waals surface area contributed by atoms with Gasteiger partial charge in [-0.15, -0.1) is 0 Å². The molecule has 2 aliphatic rings. The minimum atomic E-state index is -0.884. The molecule has 0 unspecified atom stereocenters. The first-order chi connectivity index (χ1) is 8.59. The number of ether oxygens (including phenoxy) is 1. The molecular weight excluding hydrogens is 234 g/mol. The molecule has 0 spiro atoms. The normalized spacial score (nSPS) is 22.4. The molecule has 2 aliphatic heterocycles. The number of hydrogen-bond donors (Lipinski definition) is 0. The van der Waals surface area contributed by atoms with E-state index in [0.717, 1.165) is 4.90 Å². The summed E-state index contributed by atoms with van der Waals surface area (Å²) in [7, 11) is 0. The van der Waals surface area contributed by atoms with Crippen LogP contribution in [-0.2, 0) is 9.53 Å². The van der Waals surface area contributed by atoms with Gasteiger partial charge in [0, 0.05) is 6.42 Å². The van der Waals surface area contributed by atoms with Crippen molar-refractivity contribution in [2.24, 2.45) is 0 Å². The number of imide groups is 1. The van der Waals surface area contributed by atoms with Gasteiger partial charge in [-0.2, -0.15) is 0 Å². The number of amides is 2. The van der Waals surface area contributed by atoms with Gasteiger partial charge >= 0.3 is 5.97 Å². The van der Waals surface area contributed by atoms with Crippen molar-refractivity contribution < 1.29 is 19.1 Å². The molecule has 5 heteroatoms. The van der Waals surface area contributed by atoms with Crippen LogP contribution >= 0.6 is 0 Å². The summed E-state index contributed by atoms with van der Waals surface area (Å²) in [6.07, 6.45) is 0.171. The van der Waals surface area contributed by atoms with E-state index >= 15 is 0 Å². The Morgan fingerprint density at radius 3 is 2.11 bits per heavy atom. The smallest absolute Gasteiger partial charge is 0.334 e. The summed E-state index contributed by atoms with van der Waals surface area (Å²) in [4.78, 5) is 36.8. The molecule has 1 aromatic rings. The molecular formula is C13H9NO4. The zero-order valence-electron chi connectivity index (χ0n) is 9.38. The van der Waals surface area contributed by atoms with Crippen LogP contribution in [0.3, 0.4) is 0 Å². The van der Waals surface area contributed by atoms with Gasteiger partial charge in [0.15, 0.2) is 0 Å². The molecule has 0 radical (unpaired) electrons. The Labute approximate surface area is 103 Å². The van der Waals surface area contributed by atoms with Crippen LogP contribution in [0.4, 0.5) is 0 Å². The maximum absolute atomic E-state index is 12.1. The summed E-state index contributed by atoms with van der Waals surface area (Å²) < 4.78 is 4.80. The van der Waals surface area contributed by atoms with Crippen LogP contribution in [0, 0.1) is 0 Å². The lowest BCUT2D eigenvalue weighted by molar-refractivity contribution is -0.138. The van der Waals surface area contributed by atoms with E-state index < -0.39 is 23.8 Å². The molecule has 1 aromatic carbocycles. The summed E-state index contributed by atoms with van der Waals surface area (Å²) in [6, 6.07) is 5.62. The van der Waals surface area contributed by atoms with Gasteiger partial charge in [0.25, 0.3) is 11.8 Å². The van der Waals surface area contributed by atoms with Crippen LogP contribution in [0.25, 0.3) is 0 Å². The second kappa shape index (κ2) is 3.53. The third-order valence-electron chi connectivity index (χ3n) is 3.08. The van der Waals surface area contributed by atoms with Crippen molar-refractivity contribution >= 4 is 17.8 Å². The van der Waals surface area contributed by atoms with Gasteiger partial charge < -0.3 is 4.74 Å². The van der Waals surface area contributed by atoms with Crippen LogP contribution in [0.5, 0.6) is 0 Å². The van der Waals surface area contributed by atoms with Gasteiger partial charge in [-0.3, -0.25) is 14.5 Å². The van der Waals surface area contributed by atoms with Crippen LogP contribution in [0.15, 0.2) is 36.6 Å². The Morgan fingerprint density at radius 2 is 1.67 bits per heavy atom. The number of esters is 1. The van der Waals surface area contributed by atoms with Gasteiger partial charge in [0.1, 0.15) is 11.8 Å². The zero-order chi connectivity index (χ0) is 12.9. The molecule has 0 bridgehead atoms. The number of rotatable bonds is 1. The highest BCUT2D eigenvalue weighted by Gasteiger charge is 2.46. The van der Waals surface area contributed by atoms with E-state index in [-0.39, 0.29) is 12.2 Å². The fourth-order valence-corrected chi connectivity index (χ4v) is 2.24. The number of fused-ring (bicyclic) bond motifs is 1. The molecule has 0 aromatic heterocycles. The summed E-state index contributed by atoms with van der Waals surface area (Å²) >= 11 is 0. The lowest BCUT2D eigenvalue weighted by Gasteiger charge is -2.17. The van der Waals surface area contributed by atoms with Crippen LogP contribution < -0.4 is 0 Å². The quantitative estimate of drug-likeness (QED) is 0.547. The lowest BCUT2D eigenvalue weighted by Crippen LogP contribution is -2.42. The average Bonchev–Trinajstić information content (AvgIpc) is 2.79. The number of carbonyl (C=O) groups is 3. The minimum absolute atomic E-state index is 0.171. The molecule has 18 heavy (non-hydrogen) atoms. The van der Waals surface area contributed by atoms with Gasteiger partial charge in [-0.05, 0) is 12.1 Å². The van der Waals surface area contributed by atoms with E-state index in [1.54, 1.807) is 24.3 Å². The molecule has 0 aliphatic carbocycles. The van der Waals surface area contributed by atoms with E-state index in [1.807, 2.05) is 0 Å². The summed E-state index contributed by atoms with van der Waals surface area (Å²) in [6.45, 7) is 3.53. The largest absolute Gasteiger partial charge is 0.430 e. The summed E-state index contributed by atoms with van der Waals surface area (Å²) in [5.74, 6) is -1.23. The number of hydrogen-bond acceptors (Lipinski definition) is 4. The lowest BCUT2D eigenvalue weighted by atomic mass is 10.1. The second-order valence-corrected chi connectivity index (χ2v) is 4.21. The minimum Gasteiger partial charge on any atom is -0.430 e. The van der Waals surface area contributed by atoms with Gasteiger partial charge in [0.05, 0.1) is 11.1 Å². The standard InChI is InChI=1S/C13H9NO4/c1-7-6-10(13(17)18-7)14-11(15)8-4-2-3-5-9(8)12(14)16/h2-5,10H,1,6H2/t10-/m0/s1. The molecule has 1 fully saturated rings. The van der Waals surface area contributed by atoms with E-state index in [9.17, 15) is 14.4 Å². The first-order valence-electron chi connectivity index (χ1n) is 5.46. The Hall–Kier alpha value is -2.43. The van der Waals surface area contributed by atoms with Crippen LogP contribution in [0.1, 0.15) is 27.1 Å². The van der Waals surface area contributed by atoms with Crippen molar-refractivity contribution in [3.05, 3.63) is 47.7 Å². The monoisotopic (exact) mass is 243 g/mol. The molecule has 1 saturated heterocycles. The Balaban J connectivity index is 2.02. The van der Waals surface area contributed by atoms with Crippen LogP contribution in [-0.4, -0.2) is 28.7 Å². The third-order valence-corrected chi connectivity index (χ3v) is 3.08. The van der Waals surface area contributed by atoms with Gasteiger partial charge in [0.2, 0.25) is 0 Å². The van der Waals surface area contributed by atoms with Crippen molar-refractivity contribution in [3.8, 4) is 0 Å². The van der Waals surface area contributed by atoms with Gasteiger partial charge in [-0.25, -0.2) is 4.79 Å². The average molecular weight is 243 g/mol. The molecule has 3 rings (SSSR count). The number of nitrogens with zero attached hydrogens (tertiary/aromatic N) is 1. The van der Waals surface area contributed by atoms with Gasteiger partial charge in [-0.1, -0.05) is 18.7 Å². The highest BCUT2D eigenvalue weighted by Crippen LogP contribution is 2.30. The third kappa shape index (κ3) is 1.30. The summed E-state index contributed by atoms with van der Waals surface area (Å²) in [5.41, 5.74) is 0.653. The molecule has 2 amide bonds. The Bertz CT molecular complexity index is 570. The SMILES string of the molecule is C=C1C[C@H](N2C(=O)c3ccccc3C2=O)C(=O)O1. The molecule has 2 heterocycles. The number of carbonyl (C=O) groups excluding carboxylic acids is 3. The molecule has 0 saturated carbocycles. The van der Waals surface area contributed by atoms with Crippen molar-refractivity contribution in [1.29, 1.82) is 0 Å². The predicted octanol–water partition coefficient (Wildman–Crippen LogP) is 1.11. The molecule has 1 atom stereocenters. The van der Waals surface area contributed by atoms with Crippen molar-refractivity contribution in [3.63, 3.8) is 0 Å². The fraction of sp³-hybridized carbons (Fsp3) is 0.154. The number of benzene rings is 1. The van der Waals surface area contributed by atoms with Crippen LogP contribution in [0.2, 0.25) is 0 Å². The molecule has 0 N–H and O–H groups in total. The fourth-order valence-electron chi connectivity index (χ4n) is 2.24. The Kier molecular flexibility index (Phi) is 2.10. The van der Waals surface area contributed by atoms with E-state index in [4.69, 9.17) is 4.74 Å². The predicted molar refractivity (Wildman–Crippen MR) is 60.6 cm³/mol. The zero-order valence-corrected chi connectivity index (χ0v) is 9.38.